The molecule has 0 heterocycles. The van der Waals surface area contributed by atoms with Crippen molar-refractivity contribution in [3.63, 3.8) is 0 Å². The summed E-state index contributed by atoms with van der Waals surface area (Å²) in [6, 6.07) is 13.1. The number of hydrogen-bond acceptors (Lipinski definition) is 2. The molecule has 3 rings (SSSR count). The van der Waals surface area contributed by atoms with Crippen LogP contribution >= 0.6 is 0 Å². The molecule has 5 heteroatoms. The van der Waals surface area contributed by atoms with Gasteiger partial charge in [0.25, 0.3) is 0 Å². The molecule has 2 atom stereocenters. The second kappa shape index (κ2) is 7.58. The molecule has 0 saturated heterocycles. The molecule has 1 aliphatic carbocycles. The highest BCUT2D eigenvalue weighted by Gasteiger charge is 2.30. The van der Waals surface area contributed by atoms with Crippen molar-refractivity contribution in [2.24, 2.45) is 5.73 Å². The van der Waals surface area contributed by atoms with Gasteiger partial charge in [-0.2, -0.15) is 13.2 Å². The molecule has 25 heavy (non-hydrogen) atoms. The summed E-state index contributed by atoms with van der Waals surface area (Å²) in [5, 5.41) is 0. The Balaban J connectivity index is 1.64. The Morgan fingerprint density at radius 3 is 2.44 bits per heavy atom. The van der Waals surface area contributed by atoms with E-state index in [1.54, 1.807) is 6.07 Å². The van der Waals surface area contributed by atoms with Crippen LogP contribution in [0.2, 0.25) is 0 Å². The molecule has 0 spiro atoms. The van der Waals surface area contributed by atoms with Gasteiger partial charge in [-0.05, 0) is 54.5 Å². The lowest BCUT2D eigenvalue weighted by Crippen LogP contribution is -2.32. The summed E-state index contributed by atoms with van der Waals surface area (Å²) >= 11 is 0. The molecule has 134 valence electrons. The zero-order valence-corrected chi connectivity index (χ0v) is 13.9. The van der Waals surface area contributed by atoms with E-state index in [1.807, 2.05) is 24.3 Å². The van der Waals surface area contributed by atoms with Crippen molar-refractivity contribution in [2.75, 3.05) is 0 Å². The molecule has 1 aliphatic rings. The van der Waals surface area contributed by atoms with Crippen molar-refractivity contribution in [1.29, 1.82) is 0 Å². The molecule has 0 amide bonds. The predicted molar refractivity (Wildman–Crippen MR) is 91.9 cm³/mol. The summed E-state index contributed by atoms with van der Waals surface area (Å²) in [4.78, 5) is 0. The highest BCUT2D eigenvalue weighted by atomic mass is 19.4. The van der Waals surface area contributed by atoms with Gasteiger partial charge >= 0.3 is 6.18 Å². The number of ether oxygens (including phenoxy) is 1. The fraction of sp³-hybridized carbons (Fsp3) is 0.400. The first-order valence-electron chi connectivity index (χ1n) is 8.55. The van der Waals surface area contributed by atoms with E-state index in [1.165, 1.54) is 12.1 Å². The van der Waals surface area contributed by atoms with Crippen molar-refractivity contribution in [2.45, 2.75) is 50.6 Å². The van der Waals surface area contributed by atoms with Crippen LogP contribution in [0.25, 0.3) is 11.1 Å². The number of benzene rings is 2. The van der Waals surface area contributed by atoms with Gasteiger partial charge in [0, 0.05) is 6.04 Å². The lowest BCUT2D eigenvalue weighted by Gasteiger charge is -2.26. The summed E-state index contributed by atoms with van der Waals surface area (Å²) in [5.41, 5.74) is 7.65. The maximum absolute atomic E-state index is 12.8. The van der Waals surface area contributed by atoms with Gasteiger partial charge in [-0.1, -0.05) is 36.4 Å². The zero-order valence-electron chi connectivity index (χ0n) is 13.9. The molecular formula is C20H22F3NO. The molecular weight excluding hydrogens is 327 g/mol. The summed E-state index contributed by atoms with van der Waals surface area (Å²) in [5.74, 6) is 0. The first-order chi connectivity index (χ1) is 11.9. The average molecular weight is 349 g/mol. The number of halogens is 3. The third-order valence-electron chi connectivity index (χ3n) is 4.63. The van der Waals surface area contributed by atoms with E-state index >= 15 is 0 Å². The smallest absolute Gasteiger partial charge is 0.373 e. The summed E-state index contributed by atoms with van der Waals surface area (Å²) in [6.07, 6.45) is -0.0404. The molecule has 2 N–H and O–H groups in total. The fourth-order valence-electron chi connectivity index (χ4n) is 3.22. The van der Waals surface area contributed by atoms with Crippen molar-refractivity contribution in [3.8, 4) is 11.1 Å². The summed E-state index contributed by atoms with van der Waals surface area (Å²) in [7, 11) is 0. The number of rotatable bonds is 4. The largest absolute Gasteiger partial charge is 0.416 e. The van der Waals surface area contributed by atoms with Crippen LogP contribution in [0, 0.1) is 0 Å². The van der Waals surface area contributed by atoms with Gasteiger partial charge in [0.2, 0.25) is 0 Å². The molecule has 2 unspecified atom stereocenters. The van der Waals surface area contributed by atoms with Gasteiger partial charge < -0.3 is 10.5 Å². The summed E-state index contributed by atoms with van der Waals surface area (Å²) in [6.45, 7) is 0.500. The van der Waals surface area contributed by atoms with Crippen LogP contribution in [-0.2, 0) is 17.5 Å². The Bertz CT molecular complexity index is 697. The number of hydrogen-bond donors (Lipinski definition) is 1. The van der Waals surface area contributed by atoms with Gasteiger partial charge in [-0.25, -0.2) is 0 Å². The molecule has 1 fully saturated rings. The molecule has 0 aliphatic heterocycles. The van der Waals surface area contributed by atoms with E-state index in [0.29, 0.717) is 12.2 Å². The monoisotopic (exact) mass is 349 g/mol. The van der Waals surface area contributed by atoms with Crippen LogP contribution in [0.3, 0.4) is 0 Å². The normalized spacial score (nSPS) is 21.3. The van der Waals surface area contributed by atoms with Crippen LogP contribution < -0.4 is 5.73 Å². The maximum atomic E-state index is 12.8. The average Bonchev–Trinajstić information content (AvgIpc) is 2.60. The van der Waals surface area contributed by atoms with Crippen LogP contribution in [0.4, 0.5) is 13.2 Å². The molecule has 0 radical (unpaired) electrons. The van der Waals surface area contributed by atoms with Crippen LogP contribution in [0.15, 0.2) is 48.5 Å². The Hall–Kier alpha value is -1.85. The Morgan fingerprint density at radius 1 is 1.00 bits per heavy atom. The van der Waals surface area contributed by atoms with E-state index in [-0.39, 0.29) is 12.1 Å². The van der Waals surface area contributed by atoms with Gasteiger partial charge in [0.05, 0.1) is 18.3 Å². The van der Waals surface area contributed by atoms with Gasteiger partial charge in [0.1, 0.15) is 0 Å². The number of nitrogens with two attached hydrogens (primary N) is 1. The van der Waals surface area contributed by atoms with Crippen molar-refractivity contribution < 1.29 is 17.9 Å². The zero-order chi connectivity index (χ0) is 17.9. The minimum Gasteiger partial charge on any atom is -0.373 e. The van der Waals surface area contributed by atoms with Gasteiger partial charge in [-0.3, -0.25) is 0 Å². The topological polar surface area (TPSA) is 35.2 Å². The number of alkyl halides is 3. The predicted octanol–water partition coefficient (Wildman–Crippen LogP) is 5.16. The fourth-order valence-corrected chi connectivity index (χ4v) is 3.22. The quantitative estimate of drug-likeness (QED) is 0.827. The minimum absolute atomic E-state index is 0.201. The van der Waals surface area contributed by atoms with Gasteiger partial charge in [0.15, 0.2) is 0 Å². The molecule has 0 aromatic heterocycles. The van der Waals surface area contributed by atoms with E-state index in [0.717, 1.165) is 42.9 Å². The van der Waals surface area contributed by atoms with E-state index in [4.69, 9.17) is 10.5 Å². The minimum atomic E-state index is -4.33. The highest BCUT2D eigenvalue weighted by Crippen LogP contribution is 2.32. The lowest BCUT2D eigenvalue weighted by molar-refractivity contribution is -0.137. The second-order valence-corrected chi connectivity index (χ2v) is 6.64. The Kier molecular flexibility index (Phi) is 5.45. The van der Waals surface area contributed by atoms with E-state index in [2.05, 4.69) is 0 Å². The Labute approximate surface area is 145 Å². The van der Waals surface area contributed by atoms with E-state index < -0.39 is 11.7 Å². The van der Waals surface area contributed by atoms with Crippen LogP contribution in [0.1, 0.15) is 36.8 Å². The van der Waals surface area contributed by atoms with Gasteiger partial charge in [-0.15, -0.1) is 0 Å². The first kappa shape index (κ1) is 18.0. The lowest BCUT2D eigenvalue weighted by atomic mass is 9.93. The van der Waals surface area contributed by atoms with Crippen molar-refractivity contribution >= 4 is 0 Å². The first-order valence-corrected chi connectivity index (χ1v) is 8.55. The van der Waals surface area contributed by atoms with E-state index in [9.17, 15) is 13.2 Å². The van der Waals surface area contributed by atoms with Crippen molar-refractivity contribution in [1.82, 2.24) is 0 Å². The molecule has 2 nitrogen and oxygen atoms in total. The van der Waals surface area contributed by atoms with Crippen LogP contribution in [-0.4, -0.2) is 12.1 Å². The second-order valence-electron chi connectivity index (χ2n) is 6.64. The maximum Gasteiger partial charge on any atom is 0.416 e. The molecule has 0 bridgehead atoms. The molecule has 2 aromatic carbocycles. The van der Waals surface area contributed by atoms with Crippen LogP contribution in [0.5, 0.6) is 0 Å². The third-order valence-corrected chi connectivity index (χ3v) is 4.63. The summed E-state index contributed by atoms with van der Waals surface area (Å²) < 4.78 is 44.4. The standard InChI is InChI=1S/C20H22F3NO/c21-20(22,23)17-4-1-3-16(11-17)15-9-7-14(8-10-15)13-25-19-6-2-5-18(24)12-19/h1,3-4,7-11,18-19H,2,5-6,12-13,24H2. The third kappa shape index (κ3) is 4.83. The molecule has 1 saturated carbocycles. The Morgan fingerprint density at radius 2 is 1.76 bits per heavy atom. The highest BCUT2D eigenvalue weighted by molar-refractivity contribution is 5.64. The molecule has 2 aromatic rings. The van der Waals surface area contributed by atoms with Crippen molar-refractivity contribution in [3.05, 3.63) is 59.7 Å². The SMILES string of the molecule is NC1CCCC(OCc2ccc(-c3cccc(C(F)(F)F)c3)cc2)C1.